The molecule has 2 aromatic carbocycles. The molecule has 1 aliphatic heterocycles. The van der Waals surface area contributed by atoms with Gasteiger partial charge in [-0.25, -0.2) is 4.39 Å². The highest BCUT2D eigenvalue weighted by atomic mass is 32.2. The number of hydrogen-bond donors (Lipinski definition) is 0. The van der Waals surface area contributed by atoms with Crippen LogP contribution in [0.4, 0.5) is 4.39 Å². The number of likely N-dealkylation sites (tertiary alicyclic amines) is 1. The Balaban J connectivity index is 1.62. The van der Waals surface area contributed by atoms with Gasteiger partial charge in [0.1, 0.15) is 16.5 Å². The average molecular weight is 410 g/mol. The van der Waals surface area contributed by atoms with E-state index in [0.29, 0.717) is 0 Å². The van der Waals surface area contributed by atoms with Crippen molar-refractivity contribution in [3.8, 4) is 11.3 Å². The van der Waals surface area contributed by atoms with Gasteiger partial charge >= 0.3 is 0 Å². The molecule has 1 atom stereocenters. The second kappa shape index (κ2) is 8.91. The van der Waals surface area contributed by atoms with Crippen molar-refractivity contribution in [1.82, 2.24) is 15.1 Å². The van der Waals surface area contributed by atoms with Crippen LogP contribution in [0.2, 0.25) is 0 Å². The lowest BCUT2D eigenvalue weighted by atomic mass is 10.1. The average Bonchev–Trinajstić information content (AvgIpc) is 3.04. The first-order valence-corrected chi connectivity index (χ1v) is 11.0. The van der Waals surface area contributed by atoms with Crippen LogP contribution in [0.5, 0.6) is 0 Å². The zero-order chi connectivity index (χ0) is 20.2. The minimum Gasteiger partial charge on any atom is -0.342 e. The molecule has 4 nitrogen and oxygen atoms in total. The van der Waals surface area contributed by atoms with Crippen molar-refractivity contribution in [3.63, 3.8) is 0 Å². The lowest BCUT2D eigenvalue weighted by Gasteiger charge is -2.23. The summed E-state index contributed by atoms with van der Waals surface area (Å²) in [6.45, 7) is 3.64. The standard InChI is InChI=1S/C23H24FN3OS/c1-16(23(28)27-14-6-2-3-7-15-27)29-22-20-9-5-4-8-19(20)21(25-26-22)17-10-12-18(24)13-11-17/h4-5,8-13,16H,2-3,6-7,14-15H2,1H3. The van der Waals surface area contributed by atoms with E-state index in [1.807, 2.05) is 36.1 Å². The van der Waals surface area contributed by atoms with Crippen LogP contribution in [0.1, 0.15) is 32.6 Å². The van der Waals surface area contributed by atoms with Gasteiger partial charge in [0.05, 0.1) is 5.25 Å². The molecule has 6 heteroatoms. The van der Waals surface area contributed by atoms with E-state index in [1.165, 1.54) is 36.7 Å². The van der Waals surface area contributed by atoms with Crippen molar-refractivity contribution >= 4 is 28.4 Å². The van der Waals surface area contributed by atoms with E-state index in [1.54, 1.807) is 12.1 Å². The minimum atomic E-state index is -0.279. The first-order valence-electron chi connectivity index (χ1n) is 10.1. The summed E-state index contributed by atoms with van der Waals surface area (Å²) in [7, 11) is 0. The van der Waals surface area contributed by atoms with E-state index in [4.69, 9.17) is 0 Å². The Bertz CT molecular complexity index is 1000. The Hall–Kier alpha value is -2.47. The third-order valence-electron chi connectivity index (χ3n) is 5.32. The van der Waals surface area contributed by atoms with Crippen LogP contribution in [0.25, 0.3) is 22.0 Å². The molecule has 1 fully saturated rings. The Labute approximate surface area is 174 Å². The quantitative estimate of drug-likeness (QED) is 0.547. The summed E-state index contributed by atoms with van der Waals surface area (Å²) in [4.78, 5) is 14.9. The predicted molar refractivity (Wildman–Crippen MR) is 115 cm³/mol. The molecular weight excluding hydrogens is 385 g/mol. The monoisotopic (exact) mass is 409 g/mol. The Kier molecular flexibility index (Phi) is 6.09. The summed E-state index contributed by atoms with van der Waals surface area (Å²) in [5, 5.41) is 11.3. The number of halogens is 1. The SMILES string of the molecule is CC(Sc1nnc(-c2ccc(F)cc2)c2ccccc12)C(=O)N1CCCCCC1. The zero-order valence-corrected chi connectivity index (χ0v) is 17.3. The molecule has 29 heavy (non-hydrogen) atoms. The summed E-state index contributed by atoms with van der Waals surface area (Å²) < 4.78 is 13.3. The first-order chi connectivity index (χ1) is 14.1. The number of rotatable bonds is 4. The highest BCUT2D eigenvalue weighted by Gasteiger charge is 2.24. The number of benzene rings is 2. The minimum absolute atomic E-state index is 0.172. The third-order valence-corrected chi connectivity index (χ3v) is 6.40. The summed E-state index contributed by atoms with van der Waals surface area (Å²) in [6, 6.07) is 14.2. The van der Waals surface area contributed by atoms with Crippen molar-refractivity contribution in [2.24, 2.45) is 0 Å². The van der Waals surface area contributed by atoms with E-state index in [9.17, 15) is 9.18 Å². The van der Waals surface area contributed by atoms with Gasteiger partial charge in [-0.05, 0) is 44.0 Å². The maximum atomic E-state index is 13.3. The Morgan fingerprint density at radius 3 is 2.31 bits per heavy atom. The van der Waals surface area contributed by atoms with Crippen molar-refractivity contribution in [1.29, 1.82) is 0 Å². The maximum absolute atomic E-state index is 13.3. The Morgan fingerprint density at radius 2 is 1.62 bits per heavy atom. The fraction of sp³-hybridized carbons (Fsp3) is 0.348. The van der Waals surface area contributed by atoms with Crippen LogP contribution in [0, 0.1) is 5.82 Å². The highest BCUT2D eigenvalue weighted by molar-refractivity contribution is 8.00. The molecule has 0 spiro atoms. The van der Waals surface area contributed by atoms with Gasteiger partial charge in [-0.15, -0.1) is 10.2 Å². The van der Waals surface area contributed by atoms with Gasteiger partial charge in [0.25, 0.3) is 0 Å². The number of carbonyl (C=O) groups excluding carboxylic acids is 1. The smallest absolute Gasteiger partial charge is 0.235 e. The van der Waals surface area contributed by atoms with Gasteiger partial charge in [0.15, 0.2) is 0 Å². The molecule has 0 saturated carbocycles. The van der Waals surface area contributed by atoms with Gasteiger partial charge in [-0.1, -0.05) is 48.9 Å². The lowest BCUT2D eigenvalue weighted by Crippen LogP contribution is -2.37. The highest BCUT2D eigenvalue weighted by Crippen LogP contribution is 2.34. The van der Waals surface area contributed by atoms with E-state index < -0.39 is 0 Å². The number of thioether (sulfide) groups is 1. The number of carbonyl (C=O) groups is 1. The summed E-state index contributed by atoms with van der Waals surface area (Å²) >= 11 is 1.46. The molecule has 0 N–H and O–H groups in total. The fourth-order valence-electron chi connectivity index (χ4n) is 3.75. The maximum Gasteiger partial charge on any atom is 0.235 e. The molecule has 4 rings (SSSR count). The van der Waals surface area contributed by atoms with Gasteiger partial charge in [0.2, 0.25) is 5.91 Å². The normalized spacial score (nSPS) is 15.9. The first kappa shape index (κ1) is 19.8. The molecule has 2 heterocycles. The number of nitrogens with zero attached hydrogens (tertiary/aromatic N) is 3. The summed E-state index contributed by atoms with van der Waals surface area (Å²) in [5.74, 6) is -0.107. The van der Waals surface area contributed by atoms with Gasteiger partial charge in [0, 0.05) is 29.4 Å². The molecule has 150 valence electrons. The molecular formula is C23H24FN3OS. The largest absolute Gasteiger partial charge is 0.342 e. The molecule has 0 bridgehead atoms. The molecule has 1 unspecified atom stereocenters. The third kappa shape index (κ3) is 4.42. The fourth-order valence-corrected chi connectivity index (χ4v) is 4.73. The molecule has 3 aromatic rings. The second-order valence-electron chi connectivity index (χ2n) is 7.41. The van der Waals surface area contributed by atoms with Crippen LogP contribution in [-0.2, 0) is 4.79 Å². The summed E-state index contributed by atoms with van der Waals surface area (Å²) in [6.07, 6.45) is 4.56. The molecule has 1 aliphatic rings. The summed E-state index contributed by atoms with van der Waals surface area (Å²) in [5.41, 5.74) is 1.54. The van der Waals surface area contributed by atoms with E-state index in [-0.39, 0.29) is 17.0 Å². The van der Waals surface area contributed by atoms with E-state index in [0.717, 1.165) is 53.0 Å². The lowest BCUT2D eigenvalue weighted by molar-refractivity contribution is -0.130. The topological polar surface area (TPSA) is 46.1 Å². The van der Waals surface area contributed by atoms with Crippen LogP contribution in [0.15, 0.2) is 53.6 Å². The van der Waals surface area contributed by atoms with Gasteiger partial charge < -0.3 is 4.90 Å². The van der Waals surface area contributed by atoms with Crippen LogP contribution < -0.4 is 0 Å². The number of fused-ring (bicyclic) bond motifs is 1. The number of amides is 1. The van der Waals surface area contributed by atoms with Crippen molar-refractivity contribution in [3.05, 3.63) is 54.3 Å². The van der Waals surface area contributed by atoms with E-state index >= 15 is 0 Å². The molecule has 0 aliphatic carbocycles. The predicted octanol–water partition coefficient (Wildman–Crippen LogP) is 5.32. The zero-order valence-electron chi connectivity index (χ0n) is 16.5. The van der Waals surface area contributed by atoms with Crippen LogP contribution in [0.3, 0.4) is 0 Å². The van der Waals surface area contributed by atoms with Crippen molar-refractivity contribution < 1.29 is 9.18 Å². The van der Waals surface area contributed by atoms with Crippen LogP contribution >= 0.6 is 11.8 Å². The van der Waals surface area contributed by atoms with Crippen LogP contribution in [-0.4, -0.2) is 39.3 Å². The second-order valence-corrected chi connectivity index (χ2v) is 8.74. The van der Waals surface area contributed by atoms with E-state index in [2.05, 4.69) is 10.2 Å². The van der Waals surface area contributed by atoms with Crippen molar-refractivity contribution in [2.45, 2.75) is 42.9 Å². The van der Waals surface area contributed by atoms with Gasteiger partial charge in [-0.2, -0.15) is 0 Å². The molecule has 0 radical (unpaired) electrons. The number of hydrogen-bond acceptors (Lipinski definition) is 4. The van der Waals surface area contributed by atoms with Gasteiger partial charge in [-0.3, -0.25) is 4.79 Å². The molecule has 1 amide bonds. The Morgan fingerprint density at radius 1 is 0.966 bits per heavy atom. The molecule has 1 saturated heterocycles. The van der Waals surface area contributed by atoms with Crippen molar-refractivity contribution in [2.75, 3.05) is 13.1 Å². The molecule has 1 aromatic heterocycles. The number of aromatic nitrogens is 2.